The van der Waals surface area contributed by atoms with Crippen molar-refractivity contribution in [3.63, 3.8) is 0 Å². The van der Waals surface area contributed by atoms with E-state index in [2.05, 4.69) is 0 Å². The number of allylic oxidation sites excluding steroid dienone is 4. The number of amides is 1. The van der Waals surface area contributed by atoms with Crippen molar-refractivity contribution in [3.8, 4) is 0 Å². The summed E-state index contributed by atoms with van der Waals surface area (Å²) in [6.07, 6.45) is 5.00. The number of aliphatic hydroxyl groups is 2. The number of Topliss-reactive ketones (excluding diaryl/α,β-unsaturated/α-hetero) is 2. The fourth-order valence-corrected chi connectivity index (χ4v) is 10.2. The van der Waals surface area contributed by atoms with Gasteiger partial charge >= 0.3 is 11.9 Å². The van der Waals surface area contributed by atoms with Crippen molar-refractivity contribution < 1.29 is 63.0 Å². The molecule has 3 heterocycles. The number of carbonyl (C=O) groups is 5. The van der Waals surface area contributed by atoms with Gasteiger partial charge in [-0.15, -0.1) is 0 Å². The van der Waals surface area contributed by atoms with Crippen LogP contribution in [0.1, 0.15) is 132 Å². The number of carboxylic acid groups (broad SMARTS) is 1. The number of cyclic esters (lactones) is 1. The standard InChI is InChI=1S/C48H75NO13/c1-11-34-21-27(2)20-28(3)22-40(59-9)44-41(60-10)24-31(6)48(57,62-44)45(54)46(55)49-19-13-12-14-36(49)47(56)61-43(32(7)37(50)26-38(34)51)30(5)23-33-16-17-35(39(25-33)58-8)29(4)15-18-42(52)53/h21,23,28,31-34,36-37,39-41,43-44,50,57H,11-20,22,24-26H2,1-10H3,(H,52,53). The zero-order valence-corrected chi connectivity index (χ0v) is 38.9. The number of hydrogen-bond donors (Lipinski definition) is 3. The first-order valence-corrected chi connectivity index (χ1v) is 22.8. The highest BCUT2D eigenvalue weighted by Crippen LogP contribution is 2.40. The summed E-state index contributed by atoms with van der Waals surface area (Å²) in [4.78, 5) is 69.4. The molecule has 14 nitrogen and oxygen atoms in total. The van der Waals surface area contributed by atoms with Gasteiger partial charge in [-0.05, 0) is 114 Å². The van der Waals surface area contributed by atoms with Gasteiger partial charge in [0.15, 0.2) is 0 Å². The molecule has 14 heteroatoms. The Balaban J connectivity index is 1.75. The van der Waals surface area contributed by atoms with Crippen LogP contribution >= 0.6 is 0 Å². The number of carbonyl (C=O) groups excluding carboxylic acids is 4. The molecule has 2 bridgehead atoms. The van der Waals surface area contributed by atoms with E-state index in [1.807, 2.05) is 46.8 Å². The molecule has 0 spiro atoms. The van der Waals surface area contributed by atoms with Gasteiger partial charge in [-0.25, -0.2) is 4.79 Å². The first-order valence-electron chi connectivity index (χ1n) is 22.8. The van der Waals surface area contributed by atoms with E-state index in [0.29, 0.717) is 56.9 Å². The molecule has 4 aliphatic rings. The Kier molecular flexibility index (Phi) is 19.1. The quantitative estimate of drug-likeness (QED) is 0.133. The maximum Gasteiger partial charge on any atom is 0.329 e. The molecule has 350 valence electrons. The number of methoxy groups -OCH3 is 3. The number of aliphatic carboxylic acids is 1. The van der Waals surface area contributed by atoms with Crippen molar-refractivity contribution >= 4 is 29.4 Å². The summed E-state index contributed by atoms with van der Waals surface area (Å²) < 4.78 is 30.2. The predicted molar refractivity (Wildman–Crippen MR) is 232 cm³/mol. The van der Waals surface area contributed by atoms with Crippen LogP contribution in [0.5, 0.6) is 0 Å². The van der Waals surface area contributed by atoms with Crippen LogP contribution in [0.15, 0.2) is 34.4 Å². The van der Waals surface area contributed by atoms with Gasteiger partial charge in [0, 0.05) is 58.5 Å². The SMILES string of the molecule is CCC1C=C(C)CC(C)CC(OC)C2OC(O)(C(=O)C(=O)N3CCCCC3C(=O)OC(C(C)=CC3CCC(=C(C)CCC(=O)O)C(OC)C3)C(C)C(O)CC1=O)C(C)CC2OC. The van der Waals surface area contributed by atoms with Gasteiger partial charge < -0.3 is 43.9 Å². The molecule has 3 N–H and O–H groups in total. The fraction of sp³-hybridized carbons (Fsp3) is 0.771. The highest BCUT2D eigenvalue weighted by molar-refractivity contribution is 6.39. The van der Waals surface area contributed by atoms with Gasteiger partial charge in [0.1, 0.15) is 24.0 Å². The van der Waals surface area contributed by atoms with Crippen LogP contribution in [0, 0.1) is 29.6 Å². The zero-order valence-electron chi connectivity index (χ0n) is 38.9. The normalized spacial score (nSPS) is 37.5. The minimum Gasteiger partial charge on any atom is -0.481 e. The number of hydrogen-bond acceptors (Lipinski definition) is 12. The lowest BCUT2D eigenvalue weighted by Crippen LogP contribution is -2.64. The molecular weight excluding hydrogens is 799 g/mol. The van der Waals surface area contributed by atoms with Gasteiger partial charge in [-0.2, -0.15) is 0 Å². The molecule has 13 unspecified atom stereocenters. The highest BCUT2D eigenvalue weighted by atomic mass is 16.7. The second kappa shape index (κ2) is 23.1. The number of aliphatic hydroxyl groups excluding tert-OH is 1. The first-order chi connectivity index (χ1) is 29.3. The second-order valence-corrected chi connectivity index (χ2v) is 18.7. The lowest BCUT2D eigenvalue weighted by molar-refractivity contribution is -0.302. The number of ketones is 2. The zero-order chi connectivity index (χ0) is 46.1. The predicted octanol–water partition coefficient (Wildman–Crippen LogP) is 6.29. The smallest absolute Gasteiger partial charge is 0.329 e. The number of nitrogens with zero attached hydrogens (tertiary/aromatic N) is 1. The fourth-order valence-electron chi connectivity index (χ4n) is 10.2. The Labute approximate surface area is 368 Å². The van der Waals surface area contributed by atoms with Crippen molar-refractivity contribution in [3.05, 3.63) is 34.4 Å². The molecule has 0 aromatic heterocycles. The topological polar surface area (TPSA) is 195 Å². The lowest BCUT2D eigenvalue weighted by atomic mass is 9.79. The van der Waals surface area contributed by atoms with Crippen LogP contribution in [0.25, 0.3) is 0 Å². The lowest BCUT2D eigenvalue weighted by Gasteiger charge is -2.47. The van der Waals surface area contributed by atoms with Crippen LogP contribution < -0.4 is 0 Å². The van der Waals surface area contributed by atoms with Crippen molar-refractivity contribution in [2.45, 2.75) is 180 Å². The average molecular weight is 874 g/mol. The summed E-state index contributed by atoms with van der Waals surface area (Å²) in [5.74, 6) is -8.49. The Morgan fingerprint density at radius 1 is 0.952 bits per heavy atom. The molecule has 1 saturated carbocycles. The van der Waals surface area contributed by atoms with Crippen molar-refractivity contribution in [1.82, 2.24) is 4.90 Å². The van der Waals surface area contributed by atoms with Gasteiger partial charge in [0.2, 0.25) is 5.79 Å². The minimum absolute atomic E-state index is 0.00592. The first kappa shape index (κ1) is 51.4. The van der Waals surface area contributed by atoms with E-state index in [0.717, 1.165) is 23.1 Å². The molecule has 4 rings (SSSR count). The van der Waals surface area contributed by atoms with Crippen molar-refractivity contribution in [2.24, 2.45) is 29.6 Å². The van der Waals surface area contributed by atoms with E-state index in [9.17, 15) is 39.3 Å². The van der Waals surface area contributed by atoms with Crippen LogP contribution in [0.3, 0.4) is 0 Å². The highest BCUT2D eigenvalue weighted by Gasteiger charge is 2.56. The minimum atomic E-state index is -2.52. The number of carboxylic acids is 1. The summed E-state index contributed by atoms with van der Waals surface area (Å²) >= 11 is 0. The number of esters is 1. The summed E-state index contributed by atoms with van der Waals surface area (Å²) in [5, 5.41) is 33.1. The molecule has 62 heavy (non-hydrogen) atoms. The van der Waals surface area contributed by atoms with Crippen LogP contribution in [-0.2, 0) is 47.7 Å². The maximum atomic E-state index is 14.4. The monoisotopic (exact) mass is 874 g/mol. The van der Waals surface area contributed by atoms with Crippen LogP contribution in [0.2, 0.25) is 0 Å². The number of piperidine rings is 1. The molecule has 1 amide bonds. The summed E-state index contributed by atoms with van der Waals surface area (Å²) in [7, 11) is 4.69. The summed E-state index contributed by atoms with van der Waals surface area (Å²) in [5.41, 5.74) is 3.74. The molecular formula is C48H75NO13. The van der Waals surface area contributed by atoms with Crippen LogP contribution in [0.4, 0.5) is 0 Å². The number of ether oxygens (including phenoxy) is 5. The molecule has 1 aliphatic carbocycles. The summed E-state index contributed by atoms with van der Waals surface area (Å²) in [6, 6.07) is -1.15. The van der Waals surface area contributed by atoms with E-state index < -0.39 is 83.7 Å². The van der Waals surface area contributed by atoms with E-state index in [-0.39, 0.29) is 56.0 Å². The van der Waals surface area contributed by atoms with E-state index in [1.54, 1.807) is 21.0 Å². The van der Waals surface area contributed by atoms with Gasteiger partial charge in [0.25, 0.3) is 11.7 Å². The van der Waals surface area contributed by atoms with E-state index >= 15 is 0 Å². The third kappa shape index (κ3) is 12.5. The second-order valence-electron chi connectivity index (χ2n) is 18.7. The average Bonchev–Trinajstić information content (AvgIpc) is 3.24. The van der Waals surface area contributed by atoms with Crippen molar-refractivity contribution in [2.75, 3.05) is 27.9 Å². The third-order valence-electron chi connectivity index (χ3n) is 14.0. The van der Waals surface area contributed by atoms with Crippen molar-refractivity contribution in [1.29, 1.82) is 0 Å². The molecule has 3 aliphatic heterocycles. The van der Waals surface area contributed by atoms with E-state index in [1.165, 1.54) is 19.1 Å². The Morgan fingerprint density at radius 3 is 2.26 bits per heavy atom. The Bertz CT molecular complexity index is 1690. The number of rotatable bonds is 9. The molecule has 2 saturated heterocycles. The van der Waals surface area contributed by atoms with Gasteiger partial charge in [-0.3, -0.25) is 19.2 Å². The third-order valence-corrected chi connectivity index (χ3v) is 14.0. The van der Waals surface area contributed by atoms with Gasteiger partial charge in [0.05, 0.1) is 24.4 Å². The molecule has 0 radical (unpaired) electrons. The molecule has 13 atom stereocenters. The van der Waals surface area contributed by atoms with Gasteiger partial charge in [-0.1, -0.05) is 51.0 Å². The molecule has 0 aromatic carbocycles. The largest absolute Gasteiger partial charge is 0.481 e. The molecule has 3 fully saturated rings. The van der Waals surface area contributed by atoms with Crippen LogP contribution in [-0.4, -0.2) is 126 Å². The Morgan fingerprint density at radius 2 is 1.63 bits per heavy atom. The number of fused-ring (bicyclic) bond motifs is 3. The summed E-state index contributed by atoms with van der Waals surface area (Å²) in [6.45, 7) is 13.2. The van der Waals surface area contributed by atoms with E-state index in [4.69, 9.17) is 23.7 Å². The molecule has 0 aromatic rings. The maximum absolute atomic E-state index is 14.4. The Hall–Kier alpha value is -3.27.